The van der Waals surface area contributed by atoms with Gasteiger partial charge in [0.15, 0.2) is 5.65 Å². The van der Waals surface area contributed by atoms with Crippen LogP contribution in [0.15, 0.2) is 18.5 Å². The Morgan fingerprint density at radius 1 is 1.40 bits per heavy atom. The number of nitrogens with zero attached hydrogens (tertiary/aromatic N) is 4. The van der Waals surface area contributed by atoms with Crippen molar-refractivity contribution in [2.24, 2.45) is 11.7 Å². The number of aryl methyl sites for hydroxylation is 1. The van der Waals surface area contributed by atoms with E-state index in [1.807, 2.05) is 4.52 Å². The summed E-state index contributed by atoms with van der Waals surface area (Å²) in [7, 11) is 0. The Morgan fingerprint density at radius 3 is 3.00 bits per heavy atom. The second-order valence-electron chi connectivity index (χ2n) is 5.80. The van der Waals surface area contributed by atoms with Crippen LogP contribution in [0.25, 0.3) is 5.65 Å². The van der Waals surface area contributed by atoms with Gasteiger partial charge in [-0.3, -0.25) is 0 Å². The van der Waals surface area contributed by atoms with E-state index >= 15 is 0 Å². The van der Waals surface area contributed by atoms with E-state index in [4.69, 9.17) is 5.73 Å². The Bertz CT molecular complexity index is 591. The number of aromatic nitrogens is 3. The van der Waals surface area contributed by atoms with Gasteiger partial charge in [-0.25, -0.2) is 4.98 Å². The molecule has 2 aromatic rings. The van der Waals surface area contributed by atoms with Crippen molar-refractivity contribution >= 4 is 11.5 Å². The molecule has 0 aromatic carbocycles. The molecule has 0 spiro atoms. The van der Waals surface area contributed by atoms with Gasteiger partial charge in [0.25, 0.3) is 0 Å². The SMILES string of the molecule is CCC1CCN(c2cc(C)cc3ncnn23)C(CN)C1. The number of fused-ring (bicyclic) bond motifs is 1. The van der Waals surface area contributed by atoms with Crippen molar-refractivity contribution in [1.82, 2.24) is 14.6 Å². The van der Waals surface area contributed by atoms with Gasteiger partial charge in [0, 0.05) is 19.1 Å². The van der Waals surface area contributed by atoms with Gasteiger partial charge in [-0.15, -0.1) is 0 Å². The van der Waals surface area contributed by atoms with Crippen LogP contribution in [0, 0.1) is 12.8 Å². The normalized spacial score (nSPS) is 23.4. The van der Waals surface area contributed by atoms with Crippen molar-refractivity contribution in [1.29, 1.82) is 0 Å². The summed E-state index contributed by atoms with van der Waals surface area (Å²) in [6, 6.07) is 4.66. The third-order valence-corrected chi connectivity index (χ3v) is 4.47. The summed E-state index contributed by atoms with van der Waals surface area (Å²) in [6.07, 6.45) is 5.28. The van der Waals surface area contributed by atoms with Crippen LogP contribution >= 0.6 is 0 Å². The smallest absolute Gasteiger partial charge is 0.157 e. The van der Waals surface area contributed by atoms with Gasteiger partial charge in [0.1, 0.15) is 12.1 Å². The van der Waals surface area contributed by atoms with Crippen molar-refractivity contribution in [3.05, 3.63) is 24.0 Å². The van der Waals surface area contributed by atoms with E-state index in [2.05, 4.69) is 41.0 Å². The molecular formula is C15H23N5. The molecule has 2 aromatic heterocycles. The van der Waals surface area contributed by atoms with Crippen LogP contribution in [0.3, 0.4) is 0 Å². The highest BCUT2D eigenvalue weighted by molar-refractivity contribution is 5.53. The quantitative estimate of drug-likeness (QED) is 0.929. The maximum absolute atomic E-state index is 6.02. The number of pyridine rings is 1. The maximum atomic E-state index is 6.02. The first-order valence-corrected chi connectivity index (χ1v) is 7.50. The van der Waals surface area contributed by atoms with E-state index in [1.165, 1.54) is 24.8 Å². The summed E-state index contributed by atoms with van der Waals surface area (Å²) in [5.74, 6) is 1.93. The van der Waals surface area contributed by atoms with Crippen LogP contribution < -0.4 is 10.6 Å². The summed E-state index contributed by atoms with van der Waals surface area (Å²) >= 11 is 0. The van der Waals surface area contributed by atoms with E-state index in [-0.39, 0.29) is 0 Å². The molecule has 0 saturated carbocycles. The van der Waals surface area contributed by atoms with Crippen LogP contribution in [0.1, 0.15) is 31.7 Å². The molecule has 5 heteroatoms. The predicted molar refractivity (Wildman–Crippen MR) is 80.9 cm³/mol. The van der Waals surface area contributed by atoms with Crippen molar-refractivity contribution in [2.45, 2.75) is 39.2 Å². The number of hydrogen-bond donors (Lipinski definition) is 1. The fourth-order valence-corrected chi connectivity index (χ4v) is 3.27. The fraction of sp³-hybridized carbons (Fsp3) is 0.600. The van der Waals surface area contributed by atoms with Gasteiger partial charge in [0.2, 0.25) is 0 Å². The van der Waals surface area contributed by atoms with E-state index in [0.717, 1.165) is 23.9 Å². The second kappa shape index (κ2) is 5.40. The zero-order valence-electron chi connectivity index (χ0n) is 12.3. The summed E-state index contributed by atoms with van der Waals surface area (Å²) in [6.45, 7) is 6.13. The van der Waals surface area contributed by atoms with Gasteiger partial charge < -0.3 is 10.6 Å². The summed E-state index contributed by atoms with van der Waals surface area (Å²) < 4.78 is 1.93. The summed E-state index contributed by atoms with van der Waals surface area (Å²) in [4.78, 5) is 6.73. The minimum Gasteiger partial charge on any atom is -0.352 e. The first-order valence-electron chi connectivity index (χ1n) is 7.50. The molecule has 1 fully saturated rings. The van der Waals surface area contributed by atoms with Gasteiger partial charge in [-0.05, 0) is 43.4 Å². The Kier molecular flexibility index (Phi) is 3.61. The Hall–Kier alpha value is -1.62. The largest absolute Gasteiger partial charge is 0.352 e. The molecule has 1 aliphatic rings. The number of piperidine rings is 1. The molecule has 2 N–H and O–H groups in total. The summed E-state index contributed by atoms with van der Waals surface area (Å²) in [5.41, 5.74) is 8.15. The summed E-state index contributed by atoms with van der Waals surface area (Å²) in [5, 5.41) is 4.37. The van der Waals surface area contributed by atoms with Crippen LogP contribution in [-0.2, 0) is 0 Å². The van der Waals surface area contributed by atoms with Crippen LogP contribution in [0.5, 0.6) is 0 Å². The molecule has 5 nitrogen and oxygen atoms in total. The van der Waals surface area contributed by atoms with E-state index in [0.29, 0.717) is 12.6 Å². The Morgan fingerprint density at radius 2 is 2.25 bits per heavy atom. The molecular weight excluding hydrogens is 250 g/mol. The average Bonchev–Trinajstić information content (AvgIpc) is 2.93. The molecule has 3 heterocycles. The van der Waals surface area contributed by atoms with Crippen LogP contribution in [0.4, 0.5) is 5.82 Å². The number of rotatable bonds is 3. The number of nitrogens with two attached hydrogens (primary N) is 1. The lowest BCUT2D eigenvalue weighted by atomic mass is 9.89. The lowest BCUT2D eigenvalue weighted by Gasteiger charge is -2.40. The van der Waals surface area contributed by atoms with Crippen LogP contribution in [-0.4, -0.2) is 33.7 Å². The van der Waals surface area contributed by atoms with Gasteiger partial charge in [-0.1, -0.05) is 13.3 Å². The number of anilines is 1. The highest BCUT2D eigenvalue weighted by atomic mass is 15.4. The van der Waals surface area contributed by atoms with Crippen molar-refractivity contribution < 1.29 is 0 Å². The topological polar surface area (TPSA) is 59.5 Å². The van der Waals surface area contributed by atoms with E-state index in [9.17, 15) is 0 Å². The molecule has 20 heavy (non-hydrogen) atoms. The Labute approximate surface area is 119 Å². The van der Waals surface area contributed by atoms with Crippen molar-refractivity contribution in [2.75, 3.05) is 18.0 Å². The fourth-order valence-electron chi connectivity index (χ4n) is 3.27. The first-order chi connectivity index (χ1) is 9.72. The molecule has 2 unspecified atom stereocenters. The molecule has 0 bridgehead atoms. The predicted octanol–water partition coefficient (Wildman–Crippen LogP) is 1.99. The van der Waals surface area contributed by atoms with Gasteiger partial charge in [-0.2, -0.15) is 9.61 Å². The molecule has 0 amide bonds. The third-order valence-electron chi connectivity index (χ3n) is 4.47. The lowest BCUT2D eigenvalue weighted by Crippen LogP contribution is -2.47. The maximum Gasteiger partial charge on any atom is 0.157 e. The minimum absolute atomic E-state index is 0.405. The third kappa shape index (κ3) is 2.26. The highest BCUT2D eigenvalue weighted by Crippen LogP contribution is 2.30. The molecule has 1 aliphatic heterocycles. The van der Waals surface area contributed by atoms with E-state index in [1.54, 1.807) is 6.33 Å². The molecule has 3 rings (SSSR count). The number of hydrogen-bond acceptors (Lipinski definition) is 4. The first kappa shape index (κ1) is 13.4. The zero-order chi connectivity index (χ0) is 14.1. The molecule has 0 radical (unpaired) electrons. The molecule has 1 saturated heterocycles. The van der Waals surface area contributed by atoms with Gasteiger partial charge >= 0.3 is 0 Å². The molecule has 108 valence electrons. The zero-order valence-corrected chi connectivity index (χ0v) is 12.3. The lowest BCUT2D eigenvalue weighted by molar-refractivity contribution is 0.333. The Balaban J connectivity index is 1.99. The average molecular weight is 273 g/mol. The highest BCUT2D eigenvalue weighted by Gasteiger charge is 2.28. The van der Waals surface area contributed by atoms with Crippen LogP contribution in [0.2, 0.25) is 0 Å². The van der Waals surface area contributed by atoms with Gasteiger partial charge in [0.05, 0.1) is 0 Å². The second-order valence-corrected chi connectivity index (χ2v) is 5.80. The molecule has 0 aliphatic carbocycles. The van der Waals surface area contributed by atoms with Crippen molar-refractivity contribution in [3.8, 4) is 0 Å². The van der Waals surface area contributed by atoms with Crippen molar-refractivity contribution in [3.63, 3.8) is 0 Å². The minimum atomic E-state index is 0.405. The molecule has 2 atom stereocenters. The van der Waals surface area contributed by atoms with E-state index < -0.39 is 0 Å². The standard InChI is InChI=1S/C15H23N5/c1-3-12-4-5-19(13(8-12)9-16)15-7-11(2)6-14-17-10-18-20(14)15/h6-7,10,12-13H,3-5,8-9,16H2,1-2H3. The monoisotopic (exact) mass is 273 g/mol.